The fourth-order valence-corrected chi connectivity index (χ4v) is 2.85. The van der Waals surface area contributed by atoms with E-state index in [1.54, 1.807) is 30.3 Å². The Morgan fingerprint density at radius 1 is 1.30 bits per heavy atom. The third-order valence-corrected chi connectivity index (χ3v) is 4.08. The Bertz CT molecular complexity index is 632. The molecule has 0 aliphatic heterocycles. The molecule has 1 aliphatic carbocycles. The maximum absolute atomic E-state index is 12.4. The van der Waals surface area contributed by atoms with Gasteiger partial charge in [0.05, 0.1) is 19.0 Å². The van der Waals surface area contributed by atoms with Crippen molar-refractivity contribution in [3.05, 3.63) is 54.0 Å². The second-order valence-electron chi connectivity index (χ2n) is 5.78. The summed E-state index contributed by atoms with van der Waals surface area (Å²) in [6, 6.07) is 10.0. The molecule has 1 aliphatic rings. The van der Waals surface area contributed by atoms with Gasteiger partial charge in [0.2, 0.25) is 0 Å². The molecule has 0 spiro atoms. The number of rotatable bonds is 6. The first-order chi connectivity index (χ1) is 11.3. The molecule has 5 heteroatoms. The fraction of sp³-hybridized carbons (Fsp3) is 0.389. The average molecular weight is 315 g/mol. The van der Waals surface area contributed by atoms with E-state index in [0.717, 1.165) is 12.8 Å². The summed E-state index contributed by atoms with van der Waals surface area (Å²) in [6.45, 7) is -0.225. The van der Waals surface area contributed by atoms with Gasteiger partial charge in [0.15, 0.2) is 0 Å². The van der Waals surface area contributed by atoms with E-state index < -0.39 is 6.04 Å². The lowest BCUT2D eigenvalue weighted by Gasteiger charge is -2.16. The monoisotopic (exact) mass is 315 g/mol. The van der Waals surface area contributed by atoms with Crippen LogP contribution in [0.2, 0.25) is 0 Å². The number of aliphatic hydroxyl groups excluding tert-OH is 1. The van der Waals surface area contributed by atoms with Crippen molar-refractivity contribution in [3.63, 3.8) is 0 Å². The number of hydrogen-bond acceptors (Lipinski definition) is 4. The Labute approximate surface area is 135 Å². The fourth-order valence-electron chi connectivity index (χ4n) is 2.85. The number of carbonyl (C=O) groups is 1. The van der Waals surface area contributed by atoms with Crippen molar-refractivity contribution in [3.8, 4) is 5.75 Å². The second kappa shape index (κ2) is 7.33. The molecule has 1 amide bonds. The summed E-state index contributed by atoms with van der Waals surface area (Å²) in [6.07, 6.45) is 6.31. The molecule has 0 saturated heterocycles. The van der Waals surface area contributed by atoms with Crippen LogP contribution in [0.25, 0.3) is 0 Å². The summed E-state index contributed by atoms with van der Waals surface area (Å²) < 4.78 is 11.2. The smallest absolute Gasteiger partial charge is 0.252 e. The number of carbonyl (C=O) groups excluding carboxylic acids is 1. The number of nitrogens with one attached hydrogen (secondary N) is 1. The van der Waals surface area contributed by atoms with E-state index in [1.165, 1.54) is 19.1 Å². The highest BCUT2D eigenvalue weighted by atomic mass is 16.5. The predicted molar refractivity (Wildman–Crippen MR) is 85.3 cm³/mol. The van der Waals surface area contributed by atoms with Gasteiger partial charge in [-0.05, 0) is 56.0 Å². The molecular formula is C18H21NO4. The van der Waals surface area contributed by atoms with Gasteiger partial charge in [-0.3, -0.25) is 4.79 Å². The van der Waals surface area contributed by atoms with Gasteiger partial charge in [0.1, 0.15) is 17.6 Å². The molecule has 1 unspecified atom stereocenters. The molecule has 1 fully saturated rings. The zero-order chi connectivity index (χ0) is 16.1. The lowest BCUT2D eigenvalue weighted by atomic mass is 10.1. The summed E-state index contributed by atoms with van der Waals surface area (Å²) in [4.78, 5) is 12.4. The highest BCUT2D eigenvalue weighted by molar-refractivity contribution is 5.94. The average Bonchev–Trinajstić information content (AvgIpc) is 3.26. The van der Waals surface area contributed by atoms with Crippen LogP contribution in [-0.2, 0) is 0 Å². The van der Waals surface area contributed by atoms with E-state index in [0.29, 0.717) is 17.1 Å². The number of furan rings is 1. The SMILES string of the molecule is O=C(NC(CO)c1ccco1)c1cccc(OC2CCCC2)c1. The molecule has 122 valence electrons. The Hall–Kier alpha value is -2.27. The minimum absolute atomic E-state index is 0.225. The van der Waals surface area contributed by atoms with Gasteiger partial charge in [0, 0.05) is 5.56 Å². The zero-order valence-corrected chi connectivity index (χ0v) is 12.9. The lowest BCUT2D eigenvalue weighted by molar-refractivity contribution is 0.0906. The van der Waals surface area contributed by atoms with Crippen LogP contribution in [0.4, 0.5) is 0 Å². The van der Waals surface area contributed by atoms with E-state index in [1.807, 2.05) is 6.07 Å². The first-order valence-corrected chi connectivity index (χ1v) is 7.98. The quantitative estimate of drug-likeness (QED) is 0.859. The molecule has 0 radical (unpaired) electrons. The molecule has 1 atom stereocenters. The van der Waals surface area contributed by atoms with Gasteiger partial charge in [0.25, 0.3) is 5.91 Å². The first kappa shape index (κ1) is 15.6. The molecule has 5 nitrogen and oxygen atoms in total. The molecule has 23 heavy (non-hydrogen) atoms. The van der Waals surface area contributed by atoms with Crippen molar-refractivity contribution in [1.82, 2.24) is 5.32 Å². The molecule has 0 bridgehead atoms. The van der Waals surface area contributed by atoms with Gasteiger partial charge < -0.3 is 19.6 Å². The summed E-state index contributed by atoms with van der Waals surface area (Å²) in [7, 11) is 0. The molecule has 2 aromatic rings. The summed E-state index contributed by atoms with van der Waals surface area (Å²) in [5.74, 6) is 0.972. The Morgan fingerprint density at radius 3 is 2.83 bits per heavy atom. The van der Waals surface area contributed by atoms with Crippen LogP contribution in [-0.4, -0.2) is 23.7 Å². The normalized spacial score (nSPS) is 16.2. The van der Waals surface area contributed by atoms with Gasteiger partial charge >= 0.3 is 0 Å². The van der Waals surface area contributed by atoms with Crippen molar-refractivity contribution in [2.75, 3.05) is 6.61 Å². The van der Waals surface area contributed by atoms with Crippen molar-refractivity contribution in [2.24, 2.45) is 0 Å². The van der Waals surface area contributed by atoms with Crippen LogP contribution < -0.4 is 10.1 Å². The first-order valence-electron chi connectivity index (χ1n) is 7.98. The molecule has 1 heterocycles. The summed E-state index contributed by atoms with van der Waals surface area (Å²) in [5, 5.41) is 12.2. The van der Waals surface area contributed by atoms with Crippen molar-refractivity contribution in [2.45, 2.75) is 37.8 Å². The third kappa shape index (κ3) is 3.93. The standard InChI is InChI=1S/C18H21NO4/c20-12-16(17-9-4-10-22-17)19-18(21)13-5-3-8-15(11-13)23-14-6-1-2-7-14/h3-5,8-11,14,16,20H,1-2,6-7,12H2,(H,19,21). The second-order valence-corrected chi connectivity index (χ2v) is 5.78. The van der Waals surface area contributed by atoms with Crippen LogP contribution in [0.15, 0.2) is 47.1 Å². The third-order valence-electron chi connectivity index (χ3n) is 4.08. The zero-order valence-electron chi connectivity index (χ0n) is 12.9. The topological polar surface area (TPSA) is 71.7 Å². The van der Waals surface area contributed by atoms with Gasteiger partial charge in [-0.25, -0.2) is 0 Å². The minimum atomic E-state index is -0.558. The Kier molecular flexibility index (Phi) is 4.98. The molecule has 3 rings (SSSR count). The molecule has 1 saturated carbocycles. The van der Waals surface area contributed by atoms with Crippen molar-refractivity contribution in [1.29, 1.82) is 0 Å². The number of ether oxygens (including phenoxy) is 1. The van der Waals surface area contributed by atoms with Gasteiger partial charge in [-0.1, -0.05) is 6.07 Å². The maximum atomic E-state index is 12.4. The number of hydrogen-bond donors (Lipinski definition) is 2. The molecular weight excluding hydrogens is 294 g/mol. The predicted octanol–water partition coefficient (Wildman–Crippen LogP) is 3.06. The van der Waals surface area contributed by atoms with Crippen LogP contribution >= 0.6 is 0 Å². The maximum Gasteiger partial charge on any atom is 0.252 e. The van der Waals surface area contributed by atoms with Crippen molar-refractivity contribution < 1.29 is 19.1 Å². The van der Waals surface area contributed by atoms with Crippen LogP contribution in [0.3, 0.4) is 0 Å². The van der Waals surface area contributed by atoms with Crippen molar-refractivity contribution >= 4 is 5.91 Å². The largest absolute Gasteiger partial charge is 0.490 e. The van der Waals surface area contributed by atoms with E-state index in [2.05, 4.69) is 5.32 Å². The number of amides is 1. The van der Waals surface area contributed by atoms with Crippen LogP contribution in [0.5, 0.6) is 5.75 Å². The lowest BCUT2D eigenvalue weighted by Crippen LogP contribution is -2.30. The number of aliphatic hydroxyl groups is 1. The highest BCUT2D eigenvalue weighted by Gasteiger charge is 2.19. The van der Waals surface area contributed by atoms with Gasteiger partial charge in [-0.2, -0.15) is 0 Å². The van der Waals surface area contributed by atoms with E-state index in [-0.39, 0.29) is 18.6 Å². The number of benzene rings is 1. The Balaban J connectivity index is 1.66. The van der Waals surface area contributed by atoms with Gasteiger partial charge in [-0.15, -0.1) is 0 Å². The van der Waals surface area contributed by atoms with Crippen LogP contribution in [0, 0.1) is 0 Å². The summed E-state index contributed by atoms with van der Waals surface area (Å²) in [5.41, 5.74) is 0.505. The molecule has 1 aromatic carbocycles. The Morgan fingerprint density at radius 2 is 2.13 bits per heavy atom. The minimum Gasteiger partial charge on any atom is -0.490 e. The van der Waals surface area contributed by atoms with Crippen LogP contribution in [0.1, 0.15) is 47.8 Å². The molecule has 2 N–H and O–H groups in total. The highest BCUT2D eigenvalue weighted by Crippen LogP contribution is 2.24. The van der Waals surface area contributed by atoms with E-state index >= 15 is 0 Å². The van der Waals surface area contributed by atoms with E-state index in [4.69, 9.17) is 9.15 Å². The molecule has 1 aromatic heterocycles. The van der Waals surface area contributed by atoms with E-state index in [9.17, 15) is 9.90 Å². The summed E-state index contributed by atoms with van der Waals surface area (Å²) >= 11 is 0.